The first-order valence-corrected chi connectivity index (χ1v) is 7.23. The van der Waals surface area contributed by atoms with E-state index < -0.39 is 0 Å². The molecule has 1 fully saturated rings. The predicted octanol–water partition coefficient (Wildman–Crippen LogP) is 2.42. The van der Waals surface area contributed by atoms with Crippen molar-refractivity contribution in [2.75, 3.05) is 25.0 Å². The molecule has 0 saturated carbocycles. The summed E-state index contributed by atoms with van der Waals surface area (Å²) in [6, 6.07) is 1.71. The molecule has 5 nitrogen and oxygen atoms in total. The number of ether oxygens (including phenoxy) is 1. The van der Waals surface area contributed by atoms with Gasteiger partial charge in [0.15, 0.2) is 0 Å². The molecule has 0 spiro atoms. The van der Waals surface area contributed by atoms with Gasteiger partial charge in [-0.05, 0) is 26.8 Å². The molecule has 110 valence electrons. The van der Waals surface area contributed by atoms with Gasteiger partial charge in [-0.1, -0.05) is 11.6 Å². The zero-order chi connectivity index (χ0) is 14.7. The summed E-state index contributed by atoms with van der Waals surface area (Å²) >= 11 is 6.11. The number of hydrogen-bond acceptors (Lipinski definition) is 4. The van der Waals surface area contributed by atoms with Gasteiger partial charge in [0, 0.05) is 25.8 Å². The van der Waals surface area contributed by atoms with Crippen molar-refractivity contribution in [3.63, 3.8) is 0 Å². The lowest BCUT2D eigenvalue weighted by atomic mass is 10.1. The van der Waals surface area contributed by atoms with Crippen LogP contribution in [-0.2, 0) is 4.74 Å². The van der Waals surface area contributed by atoms with E-state index in [1.807, 2.05) is 20.8 Å². The SMILES string of the molecule is CCNc1cc(C(=O)N2C[C@@H](C)O[C@@H](C)C2)c(Cl)cn1. The minimum atomic E-state index is -0.0708. The Morgan fingerprint density at radius 3 is 2.75 bits per heavy atom. The smallest absolute Gasteiger partial charge is 0.255 e. The van der Waals surface area contributed by atoms with Gasteiger partial charge in [0.25, 0.3) is 5.91 Å². The van der Waals surface area contributed by atoms with E-state index in [4.69, 9.17) is 16.3 Å². The van der Waals surface area contributed by atoms with Crippen molar-refractivity contribution in [1.29, 1.82) is 0 Å². The summed E-state index contributed by atoms with van der Waals surface area (Å²) in [5.74, 6) is 0.591. The first-order valence-electron chi connectivity index (χ1n) is 6.85. The van der Waals surface area contributed by atoms with Crippen molar-refractivity contribution in [3.05, 3.63) is 22.8 Å². The van der Waals surface area contributed by atoms with Gasteiger partial charge in [-0.2, -0.15) is 0 Å². The fourth-order valence-electron chi connectivity index (χ4n) is 2.39. The summed E-state index contributed by atoms with van der Waals surface area (Å²) in [5.41, 5.74) is 0.485. The van der Waals surface area contributed by atoms with Gasteiger partial charge in [-0.15, -0.1) is 0 Å². The zero-order valence-corrected chi connectivity index (χ0v) is 12.8. The number of rotatable bonds is 3. The Balaban J connectivity index is 2.21. The molecule has 2 heterocycles. The number of morpholine rings is 1. The van der Waals surface area contributed by atoms with E-state index in [0.29, 0.717) is 29.5 Å². The molecule has 1 aliphatic rings. The molecule has 0 bridgehead atoms. The Morgan fingerprint density at radius 1 is 1.50 bits per heavy atom. The second-order valence-corrected chi connectivity index (χ2v) is 5.45. The first kappa shape index (κ1) is 15.1. The van der Waals surface area contributed by atoms with Crippen LogP contribution in [0.5, 0.6) is 0 Å². The molecule has 0 radical (unpaired) electrons. The second-order valence-electron chi connectivity index (χ2n) is 5.05. The number of halogens is 1. The van der Waals surface area contributed by atoms with Crippen molar-refractivity contribution in [1.82, 2.24) is 9.88 Å². The third kappa shape index (κ3) is 3.41. The standard InChI is InChI=1S/C14H20ClN3O2/c1-4-16-13-5-11(12(15)6-17-13)14(19)18-7-9(2)20-10(3)8-18/h5-6,9-10H,4,7-8H2,1-3H3,(H,16,17)/t9-,10+. The van der Waals surface area contributed by atoms with Gasteiger partial charge in [0.2, 0.25) is 0 Å². The molecule has 1 aromatic rings. The van der Waals surface area contributed by atoms with Crippen molar-refractivity contribution in [2.45, 2.75) is 33.0 Å². The molecule has 1 aromatic heterocycles. The number of aromatic nitrogens is 1. The van der Waals surface area contributed by atoms with Gasteiger partial charge in [0.1, 0.15) is 5.82 Å². The van der Waals surface area contributed by atoms with Gasteiger partial charge >= 0.3 is 0 Å². The van der Waals surface area contributed by atoms with Crippen molar-refractivity contribution in [3.8, 4) is 0 Å². The molecular formula is C14H20ClN3O2. The molecule has 20 heavy (non-hydrogen) atoms. The largest absolute Gasteiger partial charge is 0.372 e. The van der Waals surface area contributed by atoms with E-state index in [2.05, 4.69) is 10.3 Å². The highest BCUT2D eigenvalue weighted by Gasteiger charge is 2.27. The monoisotopic (exact) mass is 297 g/mol. The van der Waals surface area contributed by atoms with Crippen LogP contribution in [-0.4, -0.2) is 47.6 Å². The average Bonchev–Trinajstić information content (AvgIpc) is 2.39. The summed E-state index contributed by atoms with van der Waals surface area (Å²) in [7, 11) is 0. The van der Waals surface area contributed by atoms with Crippen LogP contribution in [0.4, 0.5) is 5.82 Å². The van der Waals surface area contributed by atoms with Crippen molar-refractivity contribution >= 4 is 23.3 Å². The maximum absolute atomic E-state index is 12.6. The van der Waals surface area contributed by atoms with E-state index in [-0.39, 0.29) is 18.1 Å². The summed E-state index contributed by atoms with van der Waals surface area (Å²) in [6.07, 6.45) is 1.59. The molecule has 2 rings (SSSR count). The molecule has 2 atom stereocenters. The minimum Gasteiger partial charge on any atom is -0.372 e. The van der Waals surface area contributed by atoms with E-state index in [1.54, 1.807) is 11.0 Å². The Bertz CT molecular complexity index is 485. The molecule has 0 aromatic carbocycles. The van der Waals surface area contributed by atoms with E-state index >= 15 is 0 Å². The lowest BCUT2D eigenvalue weighted by Gasteiger charge is -2.35. The zero-order valence-electron chi connectivity index (χ0n) is 12.0. The van der Waals surface area contributed by atoms with Crippen molar-refractivity contribution in [2.24, 2.45) is 0 Å². The van der Waals surface area contributed by atoms with Gasteiger partial charge < -0.3 is 15.0 Å². The maximum atomic E-state index is 12.6. The Labute approximate surface area is 124 Å². The lowest BCUT2D eigenvalue weighted by molar-refractivity contribution is -0.0586. The Hall–Kier alpha value is -1.33. The summed E-state index contributed by atoms with van der Waals surface area (Å²) in [5, 5.41) is 3.46. The third-order valence-corrected chi connectivity index (χ3v) is 3.45. The molecule has 6 heteroatoms. The van der Waals surface area contributed by atoms with Crippen LogP contribution < -0.4 is 5.32 Å². The van der Waals surface area contributed by atoms with E-state index in [0.717, 1.165) is 6.54 Å². The van der Waals surface area contributed by atoms with E-state index in [9.17, 15) is 4.79 Å². The van der Waals surface area contributed by atoms with Crippen molar-refractivity contribution < 1.29 is 9.53 Å². The van der Waals surface area contributed by atoms with Crippen LogP contribution in [0.3, 0.4) is 0 Å². The number of hydrogen-bond donors (Lipinski definition) is 1. The first-order chi connectivity index (χ1) is 9.51. The number of anilines is 1. The minimum absolute atomic E-state index is 0.0385. The highest BCUT2D eigenvalue weighted by atomic mass is 35.5. The number of pyridine rings is 1. The van der Waals surface area contributed by atoms with Crippen LogP contribution in [0.1, 0.15) is 31.1 Å². The van der Waals surface area contributed by atoms with Crippen LogP contribution in [0.2, 0.25) is 5.02 Å². The van der Waals surface area contributed by atoms with Gasteiger partial charge in [0.05, 0.1) is 22.8 Å². The van der Waals surface area contributed by atoms with Crippen LogP contribution in [0, 0.1) is 0 Å². The molecule has 1 aliphatic heterocycles. The Morgan fingerprint density at radius 2 is 2.15 bits per heavy atom. The molecule has 1 saturated heterocycles. The molecule has 0 unspecified atom stereocenters. The number of nitrogens with zero attached hydrogens (tertiary/aromatic N) is 2. The van der Waals surface area contributed by atoms with Gasteiger partial charge in [-0.25, -0.2) is 4.98 Å². The summed E-state index contributed by atoms with van der Waals surface area (Å²) in [6.45, 7) is 7.82. The number of carbonyl (C=O) groups is 1. The quantitative estimate of drug-likeness (QED) is 0.931. The highest BCUT2D eigenvalue weighted by molar-refractivity contribution is 6.33. The molecule has 1 amide bonds. The number of nitrogens with one attached hydrogen (secondary N) is 1. The number of carbonyl (C=O) groups excluding carboxylic acids is 1. The van der Waals surface area contributed by atoms with Crippen LogP contribution in [0.25, 0.3) is 0 Å². The van der Waals surface area contributed by atoms with Crippen LogP contribution in [0.15, 0.2) is 12.3 Å². The van der Waals surface area contributed by atoms with Crippen LogP contribution >= 0.6 is 11.6 Å². The predicted molar refractivity (Wildman–Crippen MR) is 79.3 cm³/mol. The number of amides is 1. The average molecular weight is 298 g/mol. The molecule has 0 aliphatic carbocycles. The molecular weight excluding hydrogens is 278 g/mol. The lowest BCUT2D eigenvalue weighted by Crippen LogP contribution is -2.48. The highest BCUT2D eigenvalue weighted by Crippen LogP contribution is 2.22. The normalized spacial score (nSPS) is 22.7. The second kappa shape index (κ2) is 6.41. The fraction of sp³-hybridized carbons (Fsp3) is 0.571. The maximum Gasteiger partial charge on any atom is 0.255 e. The summed E-state index contributed by atoms with van der Waals surface area (Å²) < 4.78 is 5.64. The summed E-state index contributed by atoms with van der Waals surface area (Å²) in [4.78, 5) is 18.5. The Kier molecular flexibility index (Phi) is 4.83. The van der Waals surface area contributed by atoms with Gasteiger partial charge in [-0.3, -0.25) is 4.79 Å². The molecule has 1 N–H and O–H groups in total. The topological polar surface area (TPSA) is 54.5 Å². The third-order valence-electron chi connectivity index (χ3n) is 3.15. The van der Waals surface area contributed by atoms with E-state index in [1.165, 1.54) is 6.20 Å². The fourth-order valence-corrected chi connectivity index (χ4v) is 2.58.